The monoisotopic (exact) mass is 198 g/mol. The smallest absolute Gasteiger partial charge is 0.302 e. The summed E-state index contributed by atoms with van der Waals surface area (Å²) in [5, 5.41) is 9.17. The molecule has 1 N–H and O–H groups in total. The summed E-state index contributed by atoms with van der Waals surface area (Å²) in [4.78, 5) is 10.7. The van der Waals surface area contributed by atoms with E-state index in [1.807, 2.05) is 12.2 Å². The standard InChI is InChI=1S/C10H14O4/c1-6(12)13-5-8-7(4-11)9-2-3-10(8)14-9/h2-3,7-11H,4-5H2,1H3/t7-,8+,9+,10-/m0/s1. The molecule has 0 aromatic rings. The van der Waals surface area contributed by atoms with E-state index < -0.39 is 0 Å². The van der Waals surface area contributed by atoms with E-state index in [4.69, 9.17) is 14.6 Å². The first kappa shape index (κ1) is 9.68. The molecule has 0 aromatic heterocycles. The van der Waals surface area contributed by atoms with Crippen LogP contribution < -0.4 is 0 Å². The maximum absolute atomic E-state index is 10.7. The molecule has 2 heterocycles. The molecule has 2 aliphatic rings. The van der Waals surface area contributed by atoms with Gasteiger partial charge < -0.3 is 14.6 Å². The summed E-state index contributed by atoms with van der Waals surface area (Å²) >= 11 is 0. The summed E-state index contributed by atoms with van der Waals surface area (Å²) in [6.07, 6.45) is 3.96. The Morgan fingerprint density at radius 1 is 1.43 bits per heavy atom. The molecule has 2 bridgehead atoms. The summed E-state index contributed by atoms with van der Waals surface area (Å²) in [7, 11) is 0. The largest absolute Gasteiger partial charge is 0.465 e. The van der Waals surface area contributed by atoms with Crippen molar-refractivity contribution in [2.45, 2.75) is 19.1 Å². The lowest BCUT2D eigenvalue weighted by Gasteiger charge is -2.22. The zero-order chi connectivity index (χ0) is 10.1. The van der Waals surface area contributed by atoms with Gasteiger partial charge in [-0.05, 0) is 0 Å². The molecule has 2 rings (SSSR count). The number of esters is 1. The van der Waals surface area contributed by atoms with Crippen LogP contribution in [0.1, 0.15) is 6.92 Å². The van der Waals surface area contributed by atoms with E-state index in [1.54, 1.807) is 0 Å². The molecule has 1 fully saturated rings. The summed E-state index contributed by atoms with van der Waals surface area (Å²) < 4.78 is 10.5. The third-order valence-electron chi connectivity index (χ3n) is 2.89. The predicted octanol–water partition coefficient (Wildman–Crippen LogP) is 0.111. The third-order valence-corrected chi connectivity index (χ3v) is 2.89. The van der Waals surface area contributed by atoms with E-state index in [1.165, 1.54) is 6.92 Å². The predicted molar refractivity (Wildman–Crippen MR) is 48.5 cm³/mol. The summed E-state index contributed by atoms with van der Waals surface area (Å²) in [5.74, 6) is -0.100. The molecule has 4 atom stereocenters. The first-order valence-electron chi connectivity index (χ1n) is 4.80. The van der Waals surface area contributed by atoms with Crippen LogP contribution in [0.4, 0.5) is 0 Å². The molecular formula is C10H14O4. The number of hydrogen-bond acceptors (Lipinski definition) is 4. The fourth-order valence-corrected chi connectivity index (χ4v) is 2.14. The van der Waals surface area contributed by atoms with Crippen molar-refractivity contribution in [1.29, 1.82) is 0 Å². The number of aliphatic hydroxyl groups is 1. The van der Waals surface area contributed by atoms with Gasteiger partial charge in [-0.25, -0.2) is 0 Å². The van der Waals surface area contributed by atoms with Gasteiger partial charge in [-0.15, -0.1) is 0 Å². The molecule has 0 radical (unpaired) electrons. The second kappa shape index (κ2) is 3.71. The Balaban J connectivity index is 1.97. The lowest BCUT2D eigenvalue weighted by molar-refractivity contribution is -0.143. The Labute approximate surface area is 82.5 Å². The minimum absolute atomic E-state index is 0.00515. The Kier molecular flexibility index (Phi) is 2.56. The highest BCUT2D eigenvalue weighted by Crippen LogP contribution is 2.38. The average Bonchev–Trinajstić information content (AvgIpc) is 2.72. The first-order valence-corrected chi connectivity index (χ1v) is 4.80. The highest BCUT2D eigenvalue weighted by molar-refractivity contribution is 5.65. The number of fused-ring (bicyclic) bond motifs is 2. The van der Waals surface area contributed by atoms with Crippen LogP contribution in [0.5, 0.6) is 0 Å². The Morgan fingerprint density at radius 2 is 2.07 bits per heavy atom. The van der Waals surface area contributed by atoms with Crippen molar-refractivity contribution in [3.63, 3.8) is 0 Å². The van der Waals surface area contributed by atoms with Gasteiger partial charge in [0.05, 0.1) is 18.8 Å². The van der Waals surface area contributed by atoms with Gasteiger partial charge in [0, 0.05) is 25.4 Å². The molecule has 0 saturated carbocycles. The lowest BCUT2D eigenvalue weighted by atomic mass is 9.84. The normalized spacial score (nSPS) is 39.0. The second-order valence-electron chi connectivity index (χ2n) is 3.76. The number of rotatable bonds is 3. The highest BCUT2D eigenvalue weighted by Gasteiger charge is 2.45. The maximum Gasteiger partial charge on any atom is 0.302 e. The fourth-order valence-electron chi connectivity index (χ4n) is 2.14. The molecule has 0 amide bonds. The minimum Gasteiger partial charge on any atom is -0.465 e. The van der Waals surface area contributed by atoms with Crippen molar-refractivity contribution in [2.24, 2.45) is 11.8 Å². The molecule has 2 aliphatic heterocycles. The molecule has 0 spiro atoms. The molecule has 0 unspecified atom stereocenters. The maximum atomic E-state index is 10.7. The molecule has 0 aliphatic carbocycles. The van der Waals surface area contributed by atoms with Crippen LogP contribution >= 0.6 is 0 Å². The Hall–Kier alpha value is -0.870. The van der Waals surface area contributed by atoms with E-state index in [0.717, 1.165) is 0 Å². The van der Waals surface area contributed by atoms with Crippen LogP contribution in [0, 0.1) is 11.8 Å². The van der Waals surface area contributed by atoms with E-state index >= 15 is 0 Å². The zero-order valence-corrected chi connectivity index (χ0v) is 8.05. The first-order chi connectivity index (χ1) is 6.72. The SMILES string of the molecule is CC(=O)OC[C@@H]1[C@H](CO)[C@H]2C=C[C@@H]1O2. The zero-order valence-electron chi connectivity index (χ0n) is 8.05. The molecule has 1 saturated heterocycles. The Bertz CT molecular complexity index is 261. The average molecular weight is 198 g/mol. The summed E-state index contributed by atoms with van der Waals surface area (Å²) in [6, 6.07) is 0. The Morgan fingerprint density at radius 3 is 2.64 bits per heavy atom. The van der Waals surface area contributed by atoms with Crippen molar-refractivity contribution in [2.75, 3.05) is 13.2 Å². The molecule has 4 heteroatoms. The number of hydrogen-bond donors (Lipinski definition) is 1. The topological polar surface area (TPSA) is 55.8 Å². The van der Waals surface area contributed by atoms with E-state index in [2.05, 4.69) is 0 Å². The van der Waals surface area contributed by atoms with Gasteiger partial charge in [-0.2, -0.15) is 0 Å². The number of carbonyl (C=O) groups is 1. The quantitative estimate of drug-likeness (QED) is 0.516. The van der Waals surface area contributed by atoms with Gasteiger partial charge >= 0.3 is 5.97 Å². The van der Waals surface area contributed by atoms with Gasteiger partial charge in [-0.3, -0.25) is 4.79 Å². The van der Waals surface area contributed by atoms with Crippen LogP contribution in [-0.4, -0.2) is 36.5 Å². The second-order valence-corrected chi connectivity index (χ2v) is 3.76. The highest BCUT2D eigenvalue weighted by atomic mass is 16.5. The van der Waals surface area contributed by atoms with Crippen molar-refractivity contribution in [1.82, 2.24) is 0 Å². The van der Waals surface area contributed by atoms with Crippen LogP contribution in [-0.2, 0) is 14.3 Å². The van der Waals surface area contributed by atoms with Gasteiger partial charge in [0.1, 0.15) is 0 Å². The van der Waals surface area contributed by atoms with E-state index in [-0.39, 0.29) is 36.6 Å². The number of aliphatic hydroxyl groups excluding tert-OH is 1. The van der Waals surface area contributed by atoms with Crippen LogP contribution in [0.15, 0.2) is 12.2 Å². The third kappa shape index (κ3) is 1.55. The summed E-state index contributed by atoms with van der Waals surface area (Å²) in [5.41, 5.74) is 0. The van der Waals surface area contributed by atoms with Gasteiger partial charge in [0.2, 0.25) is 0 Å². The van der Waals surface area contributed by atoms with E-state index in [9.17, 15) is 4.79 Å². The van der Waals surface area contributed by atoms with Crippen molar-refractivity contribution in [3.05, 3.63) is 12.2 Å². The van der Waals surface area contributed by atoms with Crippen molar-refractivity contribution in [3.8, 4) is 0 Å². The number of ether oxygens (including phenoxy) is 2. The van der Waals surface area contributed by atoms with Crippen molar-refractivity contribution < 1.29 is 19.4 Å². The van der Waals surface area contributed by atoms with Gasteiger partial charge in [-0.1, -0.05) is 12.2 Å². The molecule has 0 aromatic carbocycles. The van der Waals surface area contributed by atoms with Gasteiger partial charge in [0.15, 0.2) is 0 Å². The van der Waals surface area contributed by atoms with Crippen molar-refractivity contribution >= 4 is 5.97 Å². The summed E-state index contributed by atoms with van der Waals surface area (Å²) in [6.45, 7) is 1.81. The molecule has 4 nitrogen and oxygen atoms in total. The van der Waals surface area contributed by atoms with Gasteiger partial charge in [0.25, 0.3) is 0 Å². The molecule has 78 valence electrons. The minimum atomic E-state index is -0.284. The van der Waals surface area contributed by atoms with Crippen LogP contribution in [0.25, 0.3) is 0 Å². The number of carbonyl (C=O) groups excluding carboxylic acids is 1. The molecular weight excluding hydrogens is 184 g/mol. The lowest BCUT2D eigenvalue weighted by Crippen LogP contribution is -2.31. The molecule has 14 heavy (non-hydrogen) atoms. The van der Waals surface area contributed by atoms with Crippen LogP contribution in [0.2, 0.25) is 0 Å². The van der Waals surface area contributed by atoms with Crippen LogP contribution in [0.3, 0.4) is 0 Å². The fraction of sp³-hybridized carbons (Fsp3) is 0.700. The van der Waals surface area contributed by atoms with E-state index in [0.29, 0.717) is 6.61 Å².